The van der Waals surface area contributed by atoms with Gasteiger partial charge >= 0.3 is 0 Å². The molecule has 2 aliphatic heterocycles. The lowest BCUT2D eigenvalue weighted by atomic mass is 10.4. The zero-order valence-electron chi connectivity index (χ0n) is 6.03. The van der Waals surface area contributed by atoms with Crippen molar-refractivity contribution in [3.8, 4) is 0 Å². The molecule has 0 saturated heterocycles. The summed E-state index contributed by atoms with van der Waals surface area (Å²) in [6.07, 6.45) is 7.28. The van der Waals surface area contributed by atoms with Gasteiger partial charge in [0.2, 0.25) is 0 Å². The number of amidine groups is 1. The molecule has 2 heterocycles. The molecule has 3 nitrogen and oxygen atoms in total. The molecule has 0 bridgehead atoms. The third-order valence-electron chi connectivity index (χ3n) is 1.68. The summed E-state index contributed by atoms with van der Waals surface area (Å²) in [4.78, 5) is 4.10. The third kappa shape index (κ3) is 0.931. The van der Waals surface area contributed by atoms with E-state index in [9.17, 15) is 0 Å². The van der Waals surface area contributed by atoms with E-state index < -0.39 is 0 Å². The van der Waals surface area contributed by atoms with Crippen LogP contribution in [-0.4, -0.2) is 23.7 Å². The molecule has 1 atom stereocenters. The summed E-state index contributed by atoms with van der Waals surface area (Å²) in [5.74, 6) is 0.859. The normalized spacial score (nSPS) is 33.3. The molecule has 2 rings (SSSR count). The van der Waals surface area contributed by atoms with Gasteiger partial charge in [0.05, 0.1) is 6.21 Å². The Bertz CT molecular complexity index is 314. The van der Waals surface area contributed by atoms with Crippen LogP contribution >= 0.6 is 11.6 Å². The van der Waals surface area contributed by atoms with Gasteiger partial charge in [0.15, 0.2) is 11.4 Å². The van der Waals surface area contributed by atoms with Gasteiger partial charge in [0.25, 0.3) is 5.84 Å². The second-order valence-electron chi connectivity index (χ2n) is 2.57. The molecule has 0 spiro atoms. The first-order chi connectivity index (χ1) is 5.21. The number of hydrogen-bond donors (Lipinski definition) is 0. The first kappa shape index (κ1) is 6.76. The van der Waals surface area contributed by atoms with E-state index in [1.807, 2.05) is 19.2 Å². The van der Waals surface area contributed by atoms with Gasteiger partial charge in [0.1, 0.15) is 7.05 Å². The van der Waals surface area contributed by atoms with E-state index in [2.05, 4.69) is 10.1 Å². The first-order valence-electron chi connectivity index (χ1n) is 3.27. The van der Waals surface area contributed by atoms with Crippen LogP contribution < -0.4 is 0 Å². The Balaban J connectivity index is 2.52. The summed E-state index contributed by atoms with van der Waals surface area (Å²) in [5.41, 5.74) is 0. The van der Waals surface area contributed by atoms with Gasteiger partial charge in [-0.15, -0.1) is 4.59 Å². The Morgan fingerprint density at radius 1 is 1.55 bits per heavy atom. The highest BCUT2D eigenvalue weighted by Gasteiger charge is 2.33. The maximum absolute atomic E-state index is 5.73. The average Bonchev–Trinajstić information content (AvgIpc) is 2.22. The Morgan fingerprint density at radius 2 is 2.36 bits per heavy atom. The maximum Gasteiger partial charge on any atom is 0.260 e. The minimum atomic E-state index is 0.343. The summed E-state index contributed by atoms with van der Waals surface area (Å²) in [7, 11) is 1.92. The molecule has 0 amide bonds. The Kier molecular flexibility index (Phi) is 1.25. The first-order valence-corrected chi connectivity index (χ1v) is 3.65. The second-order valence-corrected chi connectivity index (χ2v) is 2.96. The second kappa shape index (κ2) is 2.03. The van der Waals surface area contributed by atoms with Crippen LogP contribution in [0.15, 0.2) is 33.6 Å². The molecule has 4 heteroatoms. The molecule has 1 unspecified atom stereocenters. The van der Waals surface area contributed by atoms with Crippen LogP contribution in [0.25, 0.3) is 0 Å². The zero-order valence-corrected chi connectivity index (χ0v) is 6.78. The number of allylic oxidation sites excluding steroid dienone is 1. The lowest BCUT2D eigenvalue weighted by Gasteiger charge is -2.18. The molecule has 0 fully saturated rings. The van der Waals surface area contributed by atoms with Crippen LogP contribution in [0.5, 0.6) is 0 Å². The highest BCUT2D eigenvalue weighted by molar-refractivity contribution is 6.30. The van der Waals surface area contributed by atoms with Gasteiger partial charge in [-0.05, 0) is 6.08 Å². The van der Waals surface area contributed by atoms with E-state index >= 15 is 0 Å². The van der Waals surface area contributed by atoms with E-state index in [1.54, 1.807) is 12.4 Å². The van der Waals surface area contributed by atoms with Crippen LogP contribution in [-0.2, 0) is 0 Å². The van der Waals surface area contributed by atoms with Gasteiger partial charge in [-0.2, -0.15) is 4.99 Å². The number of likely N-dealkylation sites (N-methyl/N-ethyl adjacent to an activating group) is 1. The highest BCUT2D eigenvalue weighted by atomic mass is 35.5. The highest BCUT2D eigenvalue weighted by Crippen LogP contribution is 2.24. The number of nitrogens with zero attached hydrogens (tertiary/aromatic N) is 3. The molecule has 11 heavy (non-hydrogen) atoms. The molecule has 0 N–H and O–H groups in total. The van der Waals surface area contributed by atoms with E-state index in [4.69, 9.17) is 11.6 Å². The summed E-state index contributed by atoms with van der Waals surface area (Å²) >= 11 is 5.73. The minimum Gasteiger partial charge on any atom is -0.176 e. The number of aliphatic imine (C=N–C) groups is 1. The van der Waals surface area contributed by atoms with E-state index in [0.717, 1.165) is 5.84 Å². The molecule has 0 aromatic heterocycles. The van der Waals surface area contributed by atoms with Crippen LogP contribution in [0.4, 0.5) is 0 Å². The number of halogens is 1. The lowest BCUT2D eigenvalue weighted by Crippen LogP contribution is -2.37. The molecule has 0 aromatic carbocycles. The standard InChI is InChI=1S/C7H7ClN3/c1-11-5-6(8)10-7(11)3-2-4-9-11/h2-5H,1H3/q+1. The van der Waals surface area contributed by atoms with Crippen molar-refractivity contribution < 1.29 is 4.59 Å². The average molecular weight is 169 g/mol. The van der Waals surface area contributed by atoms with Gasteiger partial charge in [-0.25, -0.2) is 0 Å². The Morgan fingerprint density at radius 3 is 3.09 bits per heavy atom. The van der Waals surface area contributed by atoms with Crippen LogP contribution in [0.1, 0.15) is 0 Å². The van der Waals surface area contributed by atoms with Crippen molar-refractivity contribution in [2.24, 2.45) is 10.1 Å². The van der Waals surface area contributed by atoms with Gasteiger partial charge < -0.3 is 0 Å². The van der Waals surface area contributed by atoms with Crippen molar-refractivity contribution in [1.82, 2.24) is 0 Å². The van der Waals surface area contributed by atoms with Gasteiger partial charge in [-0.3, -0.25) is 0 Å². The molecule has 56 valence electrons. The number of hydrogen-bond acceptors (Lipinski definition) is 2. The smallest absolute Gasteiger partial charge is 0.176 e. The monoisotopic (exact) mass is 168 g/mol. The van der Waals surface area contributed by atoms with Crippen molar-refractivity contribution in [3.63, 3.8) is 0 Å². The van der Waals surface area contributed by atoms with Crippen LogP contribution in [0.3, 0.4) is 0 Å². The van der Waals surface area contributed by atoms with Crippen molar-refractivity contribution in [3.05, 3.63) is 23.5 Å². The van der Waals surface area contributed by atoms with Crippen LogP contribution in [0, 0.1) is 0 Å². The lowest BCUT2D eigenvalue weighted by molar-refractivity contribution is -0.769. The summed E-state index contributed by atoms with van der Waals surface area (Å²) in [6.45, 7) is 0. The quantitative estimate of drug-likeness (QED) is 0.386. The van der Waals surface area contributed by atoms with Gasteiger partial charge in [0, 0.05) is 6.08 Å². The maximum atomic E-state index is 5.73. The van der Waals surface area contributed by atoms with E-state index in [0.29, 0.717) is 9.75 Å². The van der Waals surface area contributed by atoms with Crippen molar-refractivity contribution in [2.45, 2.75) is 0 Å². The summed E-state index contributed by atoms with van der Waals surface area (Å²) < 4.78 is 0.343. The molecular formula is C7H7ClN3+. The predicted octanol–water partition coefficient (Wildman–Crippen LogP) is 1.44. The fourth-order valence-corrected chi connectivity index (χ4v) is 1.38. The summed E-state index contributed by atoms with van der Waals surface area (Å²) in [6, 6.07) is 0. The third-order valence-corrected chi connectivity index (χ3v) is 1.86. The fraction of sp³-hybridized carbons (Fsp3) is 0.143. The Labute approximate surface area is 69.6 Å². The van der Waals surface area contributed by atoms with Crippen LogP contribution in [0.2, 0.25) is 0 Å². The van der Waals surface area contributed by atoms with Crippen molar-refractivity contribution in [2.75, 3.05) is 7.05 Å². The molecule has 0 saturated carbocycles. The van der Waals surface area contributed by atoms with Crippen molar-refractivity contribution in [1.29, 1.82) is 0 Å². The molecular weight excluding hydrogens is 162 g/mol. The minimum absolute atomic E-state index is 0.343. The fourth-order valence-electron chi connectivity index (χ4n) is 1.10. The molecule has 0 aliphatic carbocycles. The largest absolute Gasteiger partial charge is 0.260 e. The van der Waals surface area contributed by atoms with Gasteiger partial charge in [-0.1, -0.05) is 16.7 Å². The number of rotatable bonds is 0. The van der Waals surface area contributed by atoms with Crippen molar-refractivity contribution >= 4 is 23.7 Å². The topological polar surface area (TPSA) is 24.7 Å². The molecule has 2 aliphatic rings. The number of fused-ring (bicyclic) bond motifs is 1. The predicted molar refractivity (Wildman–Crippen MR) is 45.2 cm³/mol. The molecule has 0 radical (unpaired) electrons. The Hall–Kier alpha value is -0.930. The zero-order chi connectivity index (χ0) is 7.90. The SMILES string of the molecule is C[N+]12C=C(Cl)N=C1C=CC=N2. The van der Waals surface area contributed by atoms with E-state index in [1.165, 1.54) is 0 Å². The summed E-state index contributed by atoms with van der Waals surface area (Å²) in [5, 5.41) is 4.71. The van der Waals surface area contributed by atoms with E-state index in [-0.39, 0.29) is 0 Å². The molecule has 0 aromatic rings. The number of quaternary nitrogens is 1.